The molecule has 0 aliphatic carbocycles. The summed E-state index contributed by atoms with van der Waals surface area (Å²) in [4.78, 5) is 0. The van der Waals surface area contributed by atoms with Gasteiger partial charge < -0.3 is 0 Å². The largest absolute Gasteiger partial charge is 0.416 e. The second-order valence-corrected chi connectivity index (χ2v) is 9.86. The van der Waals surface area contributed by atoms with Crippen LogP contribution in [-0.4, -0.2) is 0 Å². The number of benzene rings is 6. The van der Waals surface area contributed by atoms with Crippen molar-refractivity contribution in [2.45, 2.75) is 6.18 Å². The highest BCUT2D eigenvalue weighted by atomic mass is 32.1. The van der Waals surface area contributed by atoms with Crippen LogP contribution in [0.15, 0.2) is 102 Å². The van der Waals surface area contributed by atoms with Crippen LogP contribution >= 0.6 is 11.3 Å². The molecule has 35 heavy (non-hydrogen) atoms. The lowest BCUT2D eigenvalue weighted by Gasteiger charge is -2.15. The Morgan fingerprint density at radius 3 is 1.66 bits per heavy atom. The van der Waals surface area contributed by atoms with E-state index in [1.54, 1.807) is 23.5 Å². The first-order valence-corrected chi connectivity index (χ1v) is 12.2. The van der Waals surface area contributed by atoms with E-state index in [9.17, 15) is 13.2 Å². The molecule has 0 bridgehead atoms. The lowest BCUT2D eigenvalue weighted by molar-refractivity contribution is -0.137. The second kappa shape index (κ2) is 7.30. The number of halogens is 3. The molecule has 0 unspecified atom stereocenters. The van der Waals surface area contributed by atoms with E-state index in [0.717, 1.165) is 34.0 Å². The lowest BCUT2D eigenvalue weighted by atomic mass is 9.89. The molecule has 0 amide bonds. The summed E-state index contributed by atoms with van der Waals surface area (Å²) in [5.74, 6) is 0. The van der Waals surface area contributed by atoms with E-state index in [-0.39, 0.29) is 0 Å². The summed E-state index contributed by atoms with van der Waals surface area (Å²) in [5.41, 5.74) is 3.51. The first-order chi connectivity index (χ1) is 17.0. The van der Waals surface area contributed by atoms with Gasteiger partial charge in [0.25, 0.3) is 0 Å². The van der Waals surface area contributed by atoms with Crippen LogP contribution < -0.4 is 0 Å². The fourth-order valence-corrected chi connectivity index (χ4v) is 6.18. The van der Waals surface area contributed by atoms with Crippen LogP contribution in [0.2, 0.25) is 0 Å². The minimum atomic E-state index is -4.33. The van der Waals surface area contributed by atoms with Crippen LogP contribution in [0.4, 0.5) is 13.2 Å². The molecule has 0 nitrogen and oxygen atoms in total. The van der Waals surface area contributed by atoms with Crippen LogP contribution in [-0.2, 0) is 6.18 Å². The number of alkyl halides is 3. The van der Waals surface area contributed by atoms with Gasteiger partial charge in [0.1, 0.15) is 0 Å². The van der Waals surface area contributed by atoms with Gasteiger partial charge in [-0.25, -0.2) is 0 Å². The van der Waals surface area contributed by atoms with Gasteiger partial charge >= 0.3 is 6.18 Å². The molecule has 6 aromatic carbocycles. The summed E-state index contributed by atoms with van der Waals surface area (Å²) in [6, 6.07) is 31.1. The Morgan fingerprint density at radius 2 is 1.09 bits per heavy atom. The molecule has 1 heterocycles. The van der Waals surface area contributed by atoms with Gasteiger partial charge in [-0.1, -0.05) is 54.6 Å². The lowest BCUT2D eigenvalue weighted by Crippen LogP contribution is -2.03. The van der Waals surface area contributed by atoms with E-state index in [4.69, 9.17) is 0 Å². The number of thiophene rings is 1. The number of hydrogen-bond donors (Lipinski definition) is 0. The zero-order valence-electron chi connectivity index (χ0n) is 18.4. The van der Waals surface area contributed by atoms with Gasteiger partial charge in [0.15, 0.2) is 0 Å². The van der Waals surface area contributed by atoms with Crippen molar-refractivity contribution in [1.29, 1.82) is 0 Å². The predicted molar refractivity (Wildman–Crippen MR) is 141 cm³/mol. The zero-order valence-corrected chi connectivity index (χ0v) is 19.2. The van der Waals surface area contributed by atoms with E-state index in [1.165, 1.54) is 42.8 Å². The van der Waals surface area contributed by atoms with Crippen LogP contribution in [0.1, 0.15) is 5.56 Å². The quantitative estimate of drug-likeness (QED) is 0.217. The van der Waals surface area contributed by atoms with Gasteiger partial charge in [-0.3, -0.25) is 0 Å². The third-order valence-corrected chi connectivity index (χ3v) is 7.83. The highest BCUT2D eigenvalue weighted by Gasteiger charge is 2.30. The van der Waals surface area contributed by atoms with Gasteiger partial charge in [-0.15, -0.1) is 11.3 Å². The van der Waals surface area contributed by atoms with Crippen molar-refractivity contribution in [2.75, 3.05) is 0 Å². The molecule has 0 spiro atoms. The Balaban J connectivity index is 1.40. The molecule has 7 aromatic rings. The molecule has 7 rings (SSSR count). The van der Waals surface area contributed by atoms with Crippen molar-refractivity contribution in [3.63, 3.8) is 0 Å². The minimum Gasteiger partial charge on any atom is -0.166 e. The highest BCUT2D eigenvalue weighted by Crippen LogP contribution is 2.42. The highest BCUT2D eigenvalue weighted by molar-refractivity contribution is 7.17. The Hall–Kier alpha value is -3.89. The SMILES string of the molecule is FC(F)(F)c1ccc(-c2cc3ccc4cc(-c5csc6ccccc56)cc5ccc(c2)c3c45)cc1. The molecular weight excluding hydrogens is 461 g/mol. The van der Waals surface area contributed by atoms with Crippen molar-refractivity contribution in [3.8, 4) is 22.3 Å². The van der Waals surface area contributed by atoms with Gasteiger partial charge in [-0.05, 0) is 96.9 Å². The molecule has 0 saturated heterocycles. The van der Waals surface area contributed by atoms with E-state index in [0.29, 0.717) is 0 Å². The monoisotopic (exact) mass is 478 g/mol. The molecule has 0 atom stereocenters. The molecule has 168 valence electrons. The number of fused-ring (bicyclic) bond motifs is 1. The molecule has 1 aromatic heterocycles. The number of rotatable bonds is 2. The van der Waals surface area contributed by atoms with Gasteiger partial charge in [0, 0.05) is 15.6 Å². The first kappa shape index (κ1) is 20.5. The second-order valence-electron chi connectivity index (χ2n) is 8.95. The Bertz CT molecular complexity index is 1810. The van der Waals surface area contributed by atoms with E-state index < -0.39 is 11.7 Å². The van der Waals surface area contributed by atoms with E-state index in [2.05, 4.69) is 78.2 Å². The topological polar surface area (TPSA) is 0 Å². The average Bonchev–Trinajstić information content (AvgIpc) is 3.31. The van der Waals surface area contributed by atoms with Gasteiger partial charge in [-0.2, -0.15) is 13.2 Å². The Kier molecular flexibility index (Phi) is 4.27. The summed E-state index contributed by atoms with van der Waals surface area (Å²) in [5, 5.41) is 10.5. The molecule has 0 saturated carbocycles. The van der Waals surface area contributed by atoms with E-state index >= 15 is 0 Å². The van der Waals surface area contributed by atoms with Crippen molar-refractivity contribution < 1.29 is 13.2 Å². The van der Waals surface area contributed by atoms with Crippen molar-refractivity contribution in [1.82, 2.24) is 0 Å². The Labute approximate surface area is 203 Å². The smallest absolute Gasteiger partial charge is 0.166 e. The normalized spacial score (nSPS) is 12.4. The predicted octanol–water partition coefficient (Wildman–Crippen LogP) is 10.2. The van der Waals surface area contributed by atoms with E-state index in [1.807, 2.05) is 0 Å². The van der Waals surface area contributed by atoms with Crippen molar-refractivity contribution >= 4 is 53.7 Å². The van der Waals surface area contributed by atoms with Crippen LogP contribution in [0, 0.1) is 0 Å². The maximum Gasteiger partial charge on any atom is 0.416 e. The van der Waals surface area contributed by atoms with Crippen LogP contribution in [0.3, 0.4) is 0 Å². The fourth-order valence-electron chi connectivity index (χ4n) is 5.21. The van der Waals surface area contributed by atoms with Crippen molar-refractivity contribution in [2.24, 2.45) is 0 Å². The zero-order chi connectivity index (χ0) is 23.7. The summed E-state index contributed by atoms with van der Waals surface area (Å²) in [6.45, 7) is 0. The summed E-state index contributed by atoms with van der Waals surface area (Å²) in [6.07, 6.45) is -4.33. The fraction of sp³-hybridized carbons (Fsp3) is 0.0323. The standard InChI is InChI=1S/C31H17F3S/c32-31(33,34)25-11-9-18(10-12-25)23-13-19-5-7-21-15-24(27-17-35-28-4-2-1-3-26(27)28)16-22-8-6-20(14-23)29(19)30(21)22/h1-17H. The molecule has 0 aliphatic rings. The summed E-state index contributed by atoms with van der Waals surface area (Å²) in [7, 11) is 0. The summed E-state index contributed by atoms with van der Waals surface area (Å²) >= 11 is 1.76. The average molecular weight is 479 g/mol. The molecule has 0 radical (unpaired) electrons. The minimum absolute atomic E-state index is 0.631. The Morgan fingerprint density at radius 1 is 0.543 bits per heavy atom. The van der Waals surface area contributed by atoms with Crippen LogP contribution in [0.25, 0.3) is 64.7 Å². The maximum absolute atomic E-state index is 13.0. The molecular formula is C31H17F3S. The number of hydrogen-bond acceptors (Lipinski definition) is 1. The van der Waals surface area contributed by atoms with Gasteiger partial charge in [0.05, 0.1) is 5.56 Å². The van der Waals surface area contributed by atoms with Gasteiger partial charge in [0.2, 0.25) is 0 Å². The molecule has 0 N–H and O–H groups in total. The molecule has 0 fully saturated rings. The maximum atomic E-state index is 13.0. The van der Waals surface area contributed by atoms with Crippen molar-refractivity contribution in [3.05, 3.63) is 108 Å². The third-order valence-electron chi connectivity index (χ3n) is 6.87. The first-order valence-electron chi connectivity index (χ1n) is 11.3. The molecule has 0 aliphatic heterocycles. The van der Waals surface area contributed by atoms with Crippen LogP contribution in [0.5, 0.6) is 0 Å². The summed E-state index contributed by atoms with van der Waals surface area (Å²) < 4.78 is 40.3. The molecule has 4 heteroatoms. The third kappa shape index (κ3) is 3.21.